The SMILES string of the molecule is CN(C)S(=O)(=O)c1ccc(C(=O)NCc2nnc(SCC(=O)Nc3ccccc3C(F)(F)F)n2-c2cccc(Cl)c2)cc1. The number of anilines is 1. The van der Waals surface area contributed by atoms with Crippen LogP contribution in [-0.2, 0) is 27.5 Å². The molecule has 10 nitrogen and oxygen atoms in total. The summed E-state index contributed by atoms with van der Waals surface area (Å²) >= 11 is 7.10. The highest BCUT2D eigenvalue weighted by Crippen LogP contribution is 2.34. The fourth-order valence-corrected chi connectivity index (χ4v) is 5.65. The number of benzene rings is 3. The number of para-hydroxylation sites is 1. The first kappa shape index (κ1) is 32.0. The minimum absolute atomic E-state index is 0.0300. The molecule has 0 atom stereocenters. The van der Waals surface area contributed by atoms with Crippen LogP contribution in [0.1, 0.15) is 21.7 Å². The molecule has 0 bridgehead atoms. The number of carbonyl (C=O) groups excluding carboxylic acids is 2. The van der Waals surface area contributed by atoms with Crippen molar-refractivity contribution in [3.05, 3.63) is 94.8 Å². The number of aromatic nitrogens is 3. The van der Waals surface area contributed by atoms with Crippen molar-refractivity contribution >= 4 is 50.9 Å². The molecule has 0 saturated heterocycles. The molecule has 43 heavy (non-hydrogen) atoms. The van der Waals surface area contributed by atoms with Crippen LogP contribution >= 0.6 is 23.4 Å². The minimum atomic E-state index is -4.64. The van der Waals surface area contributed by atoms with Crippen LogP contribution in [0.4, 0.5) is 18.9 Å². The second-order valence-electron chi connectivity index (χ2n) is 9.09. The predicted molar refractivity (Wildman–Crippen MR) is 156 cm³/mol. The molecule has 3 aromatic carbocycles. The molecule has 4 rings (SSSR count). The maximum atomic E-state index is 13.3. The first-order valence-corrected chi connectivity index (χ1v) is 15.2. The number of hydrogen-bond donors (Lipinski definition) is 2. The Morgan fingerprint density at radius 2 is 1.70 bits per heavy atom. The Labute approximate surface area is 254 Å². The van der Waals surface area contributed by atoms with Crippen molar-refractivity contribution in [2.45, 2.75) is 22.8 Å². The molecular weight excluding hydrogens is 629 g/mol. The van der Waals surface area contributed by atoms with Gasteiger partial charge in [0.25, 0.3) is 5.91 Å². The third-order valence-corrected chi connectivity index (χ3v) is 8.90. The summed E-state index contributed by atoms with van der Waals surface area (Å²) in [5, 5.41) is 13.9. The Hall–Kier alpha value is -3.92. The summed E-state index contributed by atoms with van der Waals surface area (Å²) in [6, 6.07) is 16.7. The molecule has 0 aliphatic carbocycles. The molecule has 226 valence electrons. The fraction of sp³-hybridized carbons (Fsp3) is 0.185. The van der Waals surface area contributed by atoms with E-state index in [-0.39, 0.29) is 39.4 Å². The number of halogens is 4. The van der Waals surface area contributed by atoms with Crippen molar-refractivity contribution in [3.8, 4) is 5.69 Å². The number of sulfonamides is 1. The highest BCUT2D eigenvalue weighted by atomic mass is 35.5. The maximum Gasteiger partial charge on any atom is 0.418 e. The Morgan fingerprint density at radius 1 is 1.00 bits per heavy atom. The van der Waals surface area contributed by atoms with Gasteiger partial charge in [0, 0.05) is 24.7 Å². The van der Waals surface area contributed by atoms with E-state index in [1.54, 1.807) is 28.8 Å². The van der Waals surface area contributed by atoms with Gasteiger partial charge in [-0.25, -0.2) is 12.7 Å². The average molecular weight is 653 g/mol. The van der Waals surface area contributed by atoms with Crippen molar-refractivity contribution in [3.63, 3.8) is 0 Å². The molecule has 2 amide bonds. The van der Waals surface area contributed by atoms with Crippen LogP contribution in [0.25, 0.3) is 5.69 Å². The molecular formula is C27H24ClF3N6O4S2. The van der Waals surface area contributed by atoms with Gasteiger partial charge in [-0.15, -0.1) is 10.2 Å². The van der Waals surface area contributed by atoms with E-state index in [1.807, 2.05) is 0 Å². The number of thioether (sulfide) groups is 1. The third-order valence-electron chi connectivity index (χ3n) is 5.91. The average Bonchev–Trinajstić information content (AvgIpc) is 3.37. The molecule has 0 radical (unpaired) electrons. The van der Waals surface area contributed by atoms with E-state index in [0.29, 0.717) is 10.7 Å². The summed E-state index contributed by atoms with van der Waals surface area (Å²) in [5.74, 6) is -1.23. The molecule has 0 spiro atoms. The van der Waals surface area contributed by atoms with Gasteiger partial charge in [-0.05, 0) is 54.6 Å². The lowest BCUT2D eigenvalue weighted by Crippen LogP contribution is -2.25. The van der Waals surface area contributed by atoms with Gasteiger partial charge in [-0.1, -0.05) is 41.6 Å². The van der Waals surface area contributed by atoms with E-state index in [2.05, 4.69) is 20.8 Å². The number of amides is 2. The van der Waals surface area contributed by atoms with Crippen molar-refractivity contribution < 1.29 is 31.2 Å². The van der Waals surface area contributed by atoms with Crippen LogP contribution in [-0.4, -0.2) is 59.2 Å². The van der Waals surface area contributed by atoms with Crippen LogP contribution in [0.5, 0.6) is 0 Å². The van der Waals surface area contributed by atoms with Gasteiger partial charge in [0.15, 0.2) is 11.0 Å². The van der Waals surface area contributed by atoms with Gasteiger partial charge >= 0.3 is 6.18 Å². The second-order valence-corrected chi connectivity index (χ2v) is 12.6. The second kappa shape index (κ2) is 13.2. The summed E-state index contributed by atoms with van der Waals surface area (Å²) in [5.41, 5.74) is -0.614. The van der Waals surface area contributed by atoms with Gasteiger partial charge in [0.2, 0.25) is 15.9 Å². The van der Waals surface area contributed by atoms with Gasteiger partial charge in [-0.2, -0.15) is 13.2 Å². The summed E-state index contributed by atoms with van der Waals surface area (Å²) in [6.07, 6.45) is -4.64. The van der Waals surface area contributed by atoms with E-state index in [0.717, 1.165) is 28.2 Å². The van der Waals surface area contributed by atoms with Crippen LogP contribution in [0.15, 0.2) is 82.8 Å². The van der Waals surface area contributed by atoms with Crippen LogP contribution in [0.2, 0.25) is 5.02 Å². The molecule has 16 heteroatoms. The molecule has 0 aliphatic rings. The van der Waals surface area contributed by atoms with Crippen molar-refractivity contribution in [1.82, 2.24) is 24.4 Å². The van der Waals surface area contributed by atoms with Gasteiger partial charge < -0.3 is 10.6 Å². The highest BCUT2D eigenvalue weighted by molar-refractivity contribution is 7.99. The minimum Gasteiger partial charge on any atom is -0.345 e. The summed E-state index contributed by atoms with van der Waals surface area (Å²) in [6.45, 7) is -0.109. The van der Waals surface area contributed by atoms with Gasteiger partial charge in [-0.3, -0.25) is 14.2 Å². The summed E-state index contributed by atoms with van der Waals surface area (Å²) in [7, 11) is -0.860. The summed E-state index contributed by atoms with van der Waals surface area (Å²) in [4.78, 5) is 25.4. The zero-order valence-corrected chi connectivity index (χ0v) is 25.0. The number of alkyl halides is 3. The lowest BCUT2D eigenvalue weighted by atomic mass is 10.1. The molecule has 0 saturated carbocycles. The van der Waals surface area contributed by atoms with E-state index in [9.17, 15) is 31.2 Å². The lowest BCUT2D eigenvalue weighted by molar-refractivity contribution is -0.137. The Morgan fingerprint density at radius 3 is 2.35 bits per heavy atom. The molecule has 0 unspecified atom stereocenters. The normalized spacial score (nSPS) is 11.9. The Bertz CT molecular complexity index is 1750. The predicted octanol–water partition coefficient (Wildman–Crippen LogP) is 4.85. The fourth-order valence-electron chi connectivity index (χ4n) is 3.79. The maximum absolute atomic E-state index is 13.3. The van der Waals surface area contributed by atoms with Crippen molar-refractivity contribution in [1.29, 1.82) is 0 Å². The summed E-state index contributed by atoms with van der Waals surface area (Å²) < 4.78 is 67.1. The highest BCUT2D eigenvalue weighted by Gasteiger charge is 2.33. The topological polar surface area (TPSA) is 126 Å². The van der Waals surface area contributed by atoms with Crippen LogP contribution < -0.4 is 10.6 Å². The number of hydrogen-bond acceptors (Lipinski definition) is 7. The van der Waals surface area contributed by atoms with Crippen molar-refractivity contribution in [2.24, 2.45) is 0 Å². The van der Waals surface area contributed by atoms with Crippen molar-refractivity contribution in [2.75, 3.05) is 25.2 Å². The molecule has 0 fully saturated rings. The quantitative estimate of drug-likeness (QED) is 0.235. The molecule has 4 aromatic rings. The standard InChI is InChI=1S/C27H24ClF3N6O4S2/c1-36(2)43(40,41)20-12-10-17(11-13-20)25(39)32-15-23-34-35-26(37(23)19-7-5-6-18(28)14-19)42-16-24(38)33-22-9-4-3-8-21(22)27(29,30)31/h3-14H,15-16H2,1-2H3,(H,32,39)(H,33,38). The van der Waals surface area contributed by atoms with E-state index in [1.165, 1.54) is 50.5 Å². The first-order chi connectivity index (χ1) is 20.3. The van der Waals surface area contributed by atoms with E-state index < -0.39 is 33.6 Å². The Balaban J connectivity index is 1.50. The molecule has 0 aliphatic heterocycles. The largest absolute Gasteiger partial charge is 0.418 e. The monoisotopic (exact) mass is 652 g/mol. The third kappa shape index (κ3) is 7.73. The zero-order chi connectivity index (χ0) is 31.4. The zero-order valence-electron chi connectivity index (χ0n) is 22.6. The molecule has 1 aromatic heterocycles. The molecule has 1 heterocycles. The molecule has 2 N–H and O–H groups in total. The van der Waals surface area contributed by atoms with Gasteiger partial charge in [0.05, 0.1) is 34.1 Å². The Kier molecular flexibility index (Phi) is 9.79. The van der Waals surface area contributed by atoms with E-state index >= 15 is 0 Å². The smallest absolute Gasteiger partial charge is 0.345 e. The number of nitrogens with one attached hydrogen (secondary N) is 2. The first-order valence-electron chi connectivity index (χ1n) is 12.4. The van der Waals surface area contributed by atoms with Gasteiger partial charge in [0.1, 0.15) is 0 Å². The number of carbonyl (C=O) groups is 2. The van der Waals surface area contributed by atoms with E-state index in [4.69, 9.17) is 11.6 Å². The number of rotatable bonds is 10. The van der Waals surface area contributed by atoms with Crippen LogP contribution in [0.3, 0.4) is 0 Å². The lowest BCUT2D eigenvalue weighted by Gasteiger charge is -2.14. The van der Waals surface area contributed by atoms with Crippen LogP contribution in [0, 0.1) is 0 Å². The number of nitrogens with zero attached hydrogens (tertiary/aromatic N) is 4.